The number of hydrogen-bond acceptors (Lipinski definition) is 8. The summed E-state index contributed by atoms with van der Waals surface area (Å²) in [5.41, 5.74) is 1.74. The van der Waals surface area contributed by atoms with Crippen molar-refractivity contribution >= 4 is 16.1 Å². The fourth-order valence-electron chi connectivity index (χ4n) is 6.93. The van der Waals surface area contributed by atoms with Gasteiger partial charge in [0.15, 0.2) is 6.29 Å². The van der Waals surface area contributed by atoms with E-state index in [4.69, 9.17) is 19.0 Å². The number of benzene rings is 3. The first-order chi connectivity index (χ1) is 23.3. The molecule has 11 nitrogen and oxygen atoms in total. The van der Waals surface area contributed by atoms with Gasteiger partial charge in [-0.25, -0.2) is 13.2 Å². The van der Waals surface area contributed by atoms with Crippen LogP contribution in [0.1, 0.15) is 49.7 Å². The number of aliphatic hydroxyl groups excluding tert-OH is 1. The summed E-state index contributed by atoms with van der Waals surface area (Å²) in [5, 5.41) is 22.6. The van der Waals surface area contributed by atoms with Crippen LogP contribution in [0, 0.1) is 5.92 Å². The van der Waals surface area contributed by atoms with Crippen LogP contribution in [0.2, 0.25) is 0 Å². The molecule has 2 heterocycles. The number of rotatable bonds is 14. The van der Waals surface area contributed by atoms with Crippen molar-refractivity contribution in [3.63, 3.8) is 0 Å². The second kappa shape index (κ2) is 15.8. The molecule has 3 aliphatic rings. The number of sulfonamides is 1. The van der Waals surface area contributed by atoms with Gasteiger partial charge in [-0.3, -0.25) is 9.74 Å². The minimum absolute atomic E-state index is 0.0547. The minimum Gasteiger partial charge on any atom is -0.489 e. The summed E-state index contributed by atoms with van der Waals surface area (Å²) < 4.78 is 46.9. The fraction of sp³-hybridized carbons (Fsp3) is 0.472. The van der Waals surface area contributed by atoms with Gasteiger partial charge in [0.05, 0.1) is 48.9 Å². The molecule has 1 amide bonds. The lowest BCUT2D eigenvalue weighted by molar-refractivity contribution is -0.159. The number of aliphatic hydroxyl groups is 1. The van der Waals surface area contributed by atoms with E-state index < -0.39 is 47.1 Å². The number of hydrogen-bond donors (Lipinski definition) is 2. The Bertz CT molecular complexity index is 1590. The lowest BCUT2D eigenvalue weighted by atomic mass is 9.93. The highest BCUT2D eigenvalue weighted by Crippen LogP contribution is 2.36. The molecule has 3 fully saturated rings. The third-order valence-electron chi connectivity index (χ3n) is 9.45. The van der Waals surface area contributed by atoms with Crippen molar-refractivity contribution in [2.45, 2.75) is 87.0 Å². The zero-order valence-electron chi connectivity index (χ0n) is 26.9. The van der Waals surface area contributed by atoms with Gasteiger partial charge >= 0.3 is 6.09 Å². The van der Waals surface area contributed by atoms with Crippen LogP contribution in [0.3, 0.4) is 0 Å². The lowest BCUT2D eigenvalue weighted by Crippen LogP contribution is -2.57. The molecule has 2 N–H and O–H groups in total. The van der Waals surface area contributed by atoms with Crippen molar-refractivity contribution < 1.29 is 42.5 Å². The molecule has 258 valence electrons. The molecule has 48 heavy (non-hydrogen) atoms. The van der Waals surface area contributed by atoms with Crippen LogP contribution in [-0.4, -0.2) is 84.4 Å². The van der Waals surface area contributed by atoms with E-state index in [1.165, 1.54) is 17.0 Å². The molecule has 0 spiro atoms. The monoisotopic (exact) mass is 680 g/mol. The van der Waals surface area contributed by atoms with Crippen molar-refractivity contribution in [1.82, 2.24) is 9.37 Å². The average Bonchev–Trinajstić information content (AvgIpc) is 3.73. The van der Waals surface area contributed by atoms with E-state index in [0.29, 0.717) is 31.6 Å². The van der Waals surface area contributed by atoms with Gasteiger partial charge in [0.1, 0.15) is 12.4 Å². The van der Waals surface area contributed by atoms with Gasteiger partial charge in [-0.2, -0.15) is 0 Å². The fourth-order valence-corrected chi connectivity index (χ4v) is 8.26. The van der Waals surface area contributed by atoms with E-state index in [9.17, 15) is 23.4 Å². The smallest absolute Gasteiger partial charge is 0.407 e. The molecule has 3 aromatic carbocycles. The number of ether oxygens (including phenoxy) is 3. The van der Waals surface area contributed by atoms with Gasteiger partial charge in [0.2, 0.25) is 0 Å². The quantitative estimate of drug-likeness (QED) is 0.219. The van der Waals surface area contributed by atoms with Crippen molar-refractivity contribution in [2.24, 2.45) is 5.92 Å². The third-order valence-corrected chi connectivity index (χ3v) is 11.1. The summed E-state index contributed by atoms with van der Waals surface area (Å²) in [6.07, 6.45) is 1.46. The van der Waals surface area contributed by atoms with Gasteiger partial charge < -0.3 is 24.4 Å². The standard InChI is InChI=1S/C36H44N2O9S/c39-34(32(21-26-11-4-1-5-12-26)38(36(40)41)33-25-46-35-31(33)19-20-44-35)23-37(47-28-15-8-3-9-16-28)48(42,43)30-18-10-17-29(22-30)45-24-27-13-6-2-7-14-27/h1-2,4-7,10-14,17-18,22,28,31-35,39H,3,8-9,15-16,19-21,23-25H2,(H,40,41)/t31-,32-,33-,34+,35+/m0/s1. The van der Waals surface area contributed by atoms with Gasteiger partial charge in [-0.15, -0.1) is 0 Å². The molecular formula is C36H44N2O9S. The van der Waals surface area contributed by atoms with Gasteiger partial charge in [-0.1, -0.05) is 90.5 Å². The Labute approximate surface area is 282 Å². The highest BCUT2D eigenvalue weighted by Gasteiger charge is 2.49. The first-order valence-corrected chi connectivity index (χ1v) is 18.2. The number of carboxylic acid groups (broad SMARTS) is 1. The topological polar surface area (TPSA) is 135 Å². The lowest BCUT2D eigenvalue weighted by Gasteiger charge is -2.39. The van der Waals surface area contributed by atoms with Gasteiger partial charge in [0, 0.05) is 12.0 Å². The molecule has 0 unspecified atom stereocenters. The van der Waals surface area contributed by atoms with E-state index in [2.05, 4.69) is 0 Å². The molecule has 0 bridgehead atoms. The summed E-state index contributed by atoms with van der Waals surface area (Å²) in [4.78, 5) is 20.4. The third kappa shape index (κ3) is 8.19. The van der Waals surface area contributed by atoms with Crippen LogP contribution in [-0.2, 0) is 37.4 Å². The summed E-state index contributed by atoms with van der Waals surface area (Å²) in [7, 11) is -4.33. The highest BCUT2D eigenvalue weighted by molar-refractivity contribution is 7.89. The number of hydroxylamine groups is 1. The van der Waals surface area contributed by atoms with E-state index in [-0.39, 0.29) is 36.6 Å². The molecule has 12 heteroatoms. The first-order valence-electron chi connectivity index (χ1n) is 16.7. The summed E-state index contributed by atoms with van der Waals surface area (Å²) in [5.74, 6) is 0.176. The zero-order chi connectivity index (χ0) is 33.5. The molecule has 0 radical (unpaired) electrons. The number of nitrogens with zero attached hydrogens (tertiary/aromatic N) is 2. The van der Waals surface area contributed by atoms with Crippen LogP contribution in [0.25, 0.3) is 0 Å². The summed E-state index contributed by atoms with van der Waals surface area (Å²) in [6.45, 7) is 0.360. The van der Waals surface area contributed by atoms with E-state index in [1.807, 2.05) is 60.7 Å². The normalized spacial score (nSPS) is 22.7. The number of fused-ring (bicyclic) bond motifs is 1. The molecule has 5 atom stereocenters. The second-order valence-corrected chi connectivity index (χ2v) is 14.5. The van der Waals surface area contributed by atoms with Crippen LogP contribution < -0.4 is 4.74 Å². The second-order valence-electron chi connectivity index (χ2n) is 12.7. The van der Waals surface area contributed by atoms with Crippen LogP contribution in [0.4, 0.5) is 4.79 Å². The predicted octanol–water partition coefficient (Wildman–Crippen LogP) is 5.23. The average molecular weight is 681 g/mol. The Morgan fingerprint density at radius 3 is 2.31 bits per heavy atom. The summed E-state index contributed by atoms with van der Waals surface area (Å²) in [6, 6.07) is 23.5. The maximum atomic E-state index is 14.3. The highest BCUT2D eigenvalue weighted by atomic mass is 32.2. The van der Waals surface area contributed by atoms with E-state index >= 15 is 0 Å². The largest absolute Gasteiger partial charge is 0.489 e. The Hall–Kier alpha value is -3.52. The Morgan fingerprint density at radius 2 is 1.60 bits per heavy atom. The summed E-state index contributed by atoms with van der Waals surface area (Å²) >= 11 is 0. The maximum absolute atomic E-state index is 14.3. The number of carbonyl (C=O) groups is 1. The molecular weight excluding hydrogens is 636 g/mol. The maximum Gasteiger partial charge on any atom is 0.407 e. The number of amides is 1. The Balaban J connectivity index is 1.29. The zero-order valence-corrected chi connectivity index (χ0v) is 27.7. The first kappa shape index (κ1) is 34.3. The molecule has 2 aliphatic heterocycles. The molecule has 6 rings (SSSR count). The predicted molar refractivity (Wildman–Crippen MR) is 176 cm³/mol. The molecule has 2 saturated heterocycles. The van der Waals surface area contributed by atoms with Crippen molar-refractivity contribution in [1.29, 1.82) is 0 Å². The SMILES string of the molecule is O=C(O)N([C@H]1CO[C@H]2OCC[C@H]21)[C@@H](Cc1ccccc1)[C@H](O)CN(OC1CCCCC1)S(=O)(=O)c1cccc(OCc2ccccc2)c1. The molecule has 0 aromatic heterocycles. The van der Waals surface area contributed by atoms with Gasteiger partial charge in [-0.05, 0) is 48.9 Å². The molecule has 1 aliphatic carbocycles. The van der Waals surface area contributed by atoms with Crippen LogP contribution in [0.15, 0.2) is 89.8 Å². The van der Waals surface area contributed by atoms with Crippen LogP contribution in [0.5, 0.6) is 5.75 Å². The van der Waals surface area contributed by atoms with Crippen molar-refractivity contribution in [3.8, 4) is 5.75 Å². The van der Waals surface area contributed by atoms with Crippen molar-refractivity contribution in [3.05, 3.63) is 96.1 Å². The van der Waals surface area contributed by atoms with Crippen LogP contribution >= 0.6 is 0 Å². The van der Waals surface area contributed by atoms with Gasteiger partial charge in [0.25, 0.3) is 10.0 Å². The van der Waals surface area contributed by atoms with E-state index in [1.54, 1.807) is 12.1 Å². The Kier molecular flexibility index (Phi) is 11.3. The van der Waals surface area contributed by atoms with Crippen molar-refractivity contribution in [2.75, 3.05) is 19.8 Å². The molecule has 3 aromatic rings. The Morgan fingerprint density at radius 1 is 0.896 bits per heavy atom. The molecule has 1 saturated carbocycles. The van der Waals surface area contributed by atoms with E-state index in [0.717, 1.165) is 34.9 Å². The minimum atomic E-state index is -4.33.